The Balaban J connectivity index is 0.00000288. The molecule has 1 aromatic carbocycles. The molecule has 1 aliphatic heterocycles. The summed E-state index contributed by atoms with van der Waals surface area (Å²) in [6.07, 6.45) is 2.75. The van der Waals surface area contributed by atoms with E-state index >= 15 is 0 Å². The van der Waals surface area contributed by atoms with Crippen LogP contribution in [0.25, 0.3) is 0 Å². The van der Waals surface area contributed by atoms with Gasteiger partial charge in [0.05, 0.1) is 12.6 Å². The van der Waals surface area contributed by atoms with Gasteiger partial charge >= 0.3 is 0 Å². The fourth-order valence-corrected chi connectivity index (χ4v) is 2.74. The predicted octanol–water partition coefficient (Wildman–Crippen LogP) is 2.93. The Morgan fingerprint density at radius 3 is 2.54 bits per heavy atom. The minimum atomic E-state index is 0. The van der Waals surface area contributed by atoms with Crippen molar-refractivity contribution in [3.8, 4) is 0 Å². The van der Waals surface area contributed by atoms with E-state index in [0.717, 1.165) is 38.4 Å². The Labute approximate surface area is 162 Å². The summed E-state index contributed by atoms with van der Waals surface area (Å²) in [5, 5.41) is 6.63. The summed E-state index contributed by atoms with van der Waals surface area (Å²) in [5.41, 5.74) is 1.21. The number of benzene rings is 1. The second-order valence-corrected chi connectivity index (χ2v) is 5.88. The number of carbonyl (C=O) groups excluding carboxylic acids is 1. The average molecular weight is 444 g/mol. The van der Waals surface area contributed by atoms with E-state index in [1.165, 1.54) is 5.56 Å². The summed E-state index contributed by atoms with van der Waals surface area (Å²) in [7, 11) is 0. The van der Waals surface area contributed by atoms with Crippen LogP contribution in [0, 0.1) is 0 Å². The first-order valence-electron chi connectivity index (χ1n) is 8.58. The fraction of sp³-hybridized carbons (Fsp3) is 0.556. The quantitative estimate of drug-likeness (QED) is 0.403. The highest BCUT2D eigenvalue weighted by atomic mass is 127. The minimum Gasteiger partial charge on any atom is -0.357 e. The molecular formula is C18H29IN4O. The van der Waals surface area contributed by atoms with E-state index in [1.807, 2.05) is 30.0 Å². The van der Waals surface area contributed by atoms with Crippen LogP contribution in [0.5, 0.6) is 0 Å². The number of rotatable bonds is 6. The number of hydrogen-bond acceptors (Lipinski definition) is 2. The number of nitrogens with one attached hydrogen (secondary N) is 2. The highest BCUT2D eigenvalue weighted by molar-refractivity contribution is 14.0. The average Bonchev–Trinajstić information content (AvgIpc) is 3.10. The molecule has 1 aliphatic rings. The molecule has 1 atom stereocenters. The first-order valence-corrected chi connectivity index (χ1v) is 8.58. The van der Waals surface area contributed by atoms with E-state index in [2.05, 4.69) is 34.7 Å². The lowest BCUT2D eigenvalue weighted by Crippen LogP contribution is -2.39. The van der Waals surface area contributed by atoms with Crippen LogP contribution in [0.15, 0.2) is 35.3 Å². The second kappa shape index (κ2) is 11.3. The van der Waals surface area contributed by atoms with Gasteiger partial charge in [0.1, 0.15) is 0 Å². The number of nitrogens with zero attached hydrogens (tertiary/aromatic N) is 2. The van der Waals surface area contributed by atoms with Crippen LogP contribution in [0.3, 0.4) is 0 Å². The molecule has 0 aromatic heterocycles. The molecular weight excluding hydrogens is 415 g/mol. The summed E-state index contributed by atoms with van der Waals surface area (Å²) in [6.45, 7) is 7.29. The lowest BCUT2D eigenvalue weighted by molar-refractivity contribution is -0.129. The Bertz CT molecular complexity index is 515. The second-order valence-electron chi connectivity index (χ2n) is 5.88. The molecule has 24 heavy (non-hydrogen) atoms. The van der Waals surface area contributed by atoms with Gasteiger partial charge in [-0.25, -0.2) is 0 Å². The highest BCUT2D eigenvalue weighted by Crippen LogP contribution is 2.11. The number of aliphatic imine (C=N–C) groups is 1. The summed E-state index contributed by atoms with van der Waals surface area (Å²) in [6, 6.07) is 10.4. The number of halogens is 1. The largest absolute Gasteiger partial charge is 0.357 e. The molecule has 1 heterocycles. The third-order valence-corrected chi connectivity index (χ3v) is 4.05. The summed E-state index contributed by atoms with van der Waals surface area (Å²) in [5.74, 6) is 0.983. The first-order chi connectivity index (χ1) is 11.2. The van der Waals surface area contributed by atoms with Crippen molar-refractivity contribution in [2.75, 3.05) is 26.2 Å². The maximum Gasteiger partial charge on any atom is 0.224 e. The molecule has 0 saturated carbocycles. The zero-order valence-electron chi connectivity index (χ0n) is 14.6. The molecule has 2 N–H and O–H groups in total. The standard InChI is InChI=1S/C18H28N4O.HI/c1-3-19-18(21-15(2)16-9-5-4-6-10-16)20-12-11-17(23)22-13-7-8-14-22;/h4-6,9-10,15H,3,7-8,11-14H2,1-2H3,(H2,19,20,21);1H. The van der Waals surface area contributed by atoms with Gasteiger partial charge in [0.25, 0.3) is 0 Å². The van der Waals surface area contributed by atoms with Crippen LogP contribution >= 0.6 is 24.0 Å². The number of likely N-dealkylation sites (tertiary alicyclic amines) is 1. The van der Waals surface area contributed by atoms with Gasteiger partial charge in [0, 0.05) is 26.1 Å². The van der Waals surface area contributed by atoms with Gasteiger partial charge in [-0.2, -0.15) is 0 Å². The van der Waals surface area contributed by atoms with Crippen LogP contribution in [0.2, 0.25) is 0 Å². The Morgan fingerprint density at radius 1 is 1.25 bits per heavy atom. The number of carbonyl (C=O) groups is 1. The van der Waals surface area contributed by atoms with E-state index in [9.17, 15) is 4.79 Å². The zero-order valence-corrected chi connectivity index (χ0v) is 17.0. The van der Waals surface area contributed by atoms with Crippen LogP contribution < -0.4 is 10.6 Å². The van der Waals surface area contributed by atoms with Crippen LogP contribution in [-0.4, -0.2) is 42.9 Å². The van der Waals surface area contributed by atoms with Crippen molar-refractivity contribution in [1.29, 1.82) is 0 Å². The van der Waals surface area contributed by atoms with Crippen molar-refractivity contribution >= 4 is 35.8 Å². The number of hydrogen-bond donors (Lipinski definition) is 2. The molecule has 0 radical (unpaired) electrons. The molecule has 134 valence electrons. The van der Waals surface area contributed by atoms with Crippen LogP contribution in [0.1, 0.15) is 44.7 Å². The van der Waals surface area contributed by atoms with Gasteiger partial charge in [-0.3, -0.25) is 9.79 Å². The van der Waals surface area contributed by atoms with Gasteiger partial charge in [-0.1, -0.05) is 30.3 Å². The van der Waals surface area contributed by atoms with Gasteiger partial charge in [0.2, 0.25) is 5.91 Å². The van der Waals surface area contributed by atoms with Crippen molar-refractivity contribution in [3.05, 3.63) is 35.9 Å². The molecule has 0 aliphatic carbocycles. The van der Waals surface area contributed by atoms with Crippen molar-refractivity contribution in [3.63, 3.8) is 0 Å². The van der Waals surface area contributed by atoms with Crippen molar-refractivity contribution in [1.82, 2.24) is 15.5 Å². The Morgan fingerprint density at radius 2 is 1.92 bits per heavy atom. The van der Waals surface area contributed by atoms with Crippen molar-refractivity contribution < 1.29 is 4.79 Å². The molecule has 6 heteroatoms. The van der Waals surface area contributed by atoms with Gasteiger partial charge < -0.3 is 15.5 Å². The summed E-state index contributed by atoms with van der Waals surface area (Å²) < 4.78 is 0. The fourth-order valence-electron chi connectivity index (χ4n) is 2.74. The van der Waals surface area contributed by atoms with Gasteiger partial charge in [0.15, 0.2) is 5.96 Å². The van der Waals surface area contributed by atoms with E-state index in [-0.39, 0.29) is 35.9 Å². The molecule has 0 spiro atoms. The van der Waals surface area contributed by atoms with Gasteiger partial charge in [-0.05, 0) is 32.3 Å². The molecule has 5 nitrogen and oxygen atoms in total. The lowest BCUT2D eigenvalue weighted by Gasteiger charge is -2.18. The van der Waals surface area contributed by atoms with Gasteiger partial charge in [-0.15, -0.1) is 24.0 Å². The lowest BCUT2D eigenvalue weighted by atomic mass is 10.1. The molecule has 2 rings (SSSR count). The third-order valence-electron chi connectivity index (χ3n) is 4.05. The monoisotopic (exact) mass is 444 g/mol. The van der Waals surface area contributed by atoms with E-state index in [4.69, 9.17) is 0 Å². The molecule has 1 amide bonds. The smallest absolute Gasteiger partial charge is 0.224 e. The normalized spacial score (nSPS) is 15.6. The topological polar surface area (TPSA) is 56.7 Å². The van der Waals surface area contributed by atoms with E-state index in [1.54, 1.807) is 0 Å². The predicted molar refractivity (Wildman–Crippen MR) is 110 cm³/mol. The Hall–Kier alpha value is -1.31. The van der Waals surface area contributed by atoms with Crippen LogP contribution in [0.4, 0.5) is 0 Å². The number of amides is 1. The maximum absolute atomic E-state index is 12.0. The first kappa shape index (κ1) is 20.7. The van der Waals surface area contributed by atoms with Crippen molar-refractivity contribution in [2.24, 2.45) is 4.99 Å². The van der Waals surface area contributed by atoms with E-state index < -0.39 is 0 Å². The molecule has 1 saturated heterocycles. The minimum absolute atomic E-state index is 0. The van der Waals surface area contributed by atoms with Crippen LogP contribution in [-0.2, 0) is 4.79 Å². The molecule has 1 aromatic rings. The summed E-state index contributed by atoms with van der Waals surface area (Å²) in [4.78, 5) is 18.5. The molecule has 0 bridgehead atoms. The SMILES string of the molecule is CCNC(=NCCC(=O)N1CCCC1)NC(C)c1ccccc1.I. The Kier molecular flexibility index (Phi) is 9.75. The number of guanidine groups is 1. The highest BCUT2D eigenvalue weighted by Gasteiger charge is 2.17. The molecule has 1 unspecified atom stereocenters. The third kappa shape index (κ3) is 6.67. The molecule has 1 fully saturated rings. The zero-order chi connectivity index (χ0) is 16.5. The van der Waals surface area contributed by atoms with Crippen molar-refractivity contribution in [2.45, 2.75) is 39.2 Å². The maximum atomic E-state index is 12.0. The summed E-state index contributed by atoms with van der Waals surface area (Å²) >= 11 is 0. The van der Waals surface area contributed by atoms with E-state index in [0.29, 0.717) is 13.0 Å².